The van der Waals surface area contributed by atoms with Crippen molar-refractivity contribution in [3.8, 4) is 11.1 Å². The molecule has 0 spiro atoms. The summed E-state index contributed by atoms with van der Waals surface area (Å²) in [7, 11) is -3.71. The van der Waals surface area contributed by atoms with Crippen LogP contribution in [-0.2, 0) is 33.7 Å². The van der Waals surface area contributed by atoms with Crippen molar-refractivity contribution in [1.29, 1.82) is 0 Å². The summed E-state index contributed by atoms with van der Waals surface area (Å²) in [5, 5.41) is 3.76. The van der Waals surface area contributed by atoms with Gasteiger partial charge in [-0.3, -0.25) is 14.5 Å². The van der Waals surface area contributed by atoms with Crippen LogP contribution in [0.2, 0.25) is 0 Å². The second-order valence-electron chi connectivity index (χ2n) is 13.0. The zero-order valence-electron chi connectivity index (χ0n) is 26.1. The SMILES string of the molecule is O=C(C[C@@H](Cc1cc(F)cc(F)c1)c1ncccc1-c1ccc(S(=O)(=O)N2CCCCC2)cc1)Cn1nc(C(F)F)c2c1C(F)(F)C1CC21. The zero-order valence-corrected chi connectivity index (χ0v) is 27.0. The van der Waals surface area contributed by atoms with Crippen molar-refractivity contribution in [1.82, 2.24) is 19.1 Å². The van der Waals surface area contributed by atoms with Crippen LogP contribution in [-0.4, -0.2) is 46.4 Å². The van der Waals surface area contributed by atoms with E-state index >= 15 is 8.78 Å². The number of pyridine rings is 1. The molecule has 4 aromatic rings. The first-order valence-electron chi connectivity index (χ1n) is 16.1. The number of rotatable bonds is 11. The van der Waals surface area contributed by atoms with Crippen LogP contribution in [0.4, 0.5) is 26.3 Å². The van der Waals surface area contributed by atoms with Crippen LogP contribution in [0.1, 0.15) is 78.6 Å². The molecule has 258 valence electrons. The molecule has 1 aliphatic heterocycles. The molecule has 0 amide bonds. The van der Waals surface area contributed by atoms with Crippen LogP contribution < -0.4 is 0 Å². The number of carbonyl (C=O) groups excluding carboxylic acids is 1. The molecule has 2 aromatic carbocycles. The Labute approximate surface area is 279 Å². The predicted molar refractivity (Wildman–Crippen MR) is 167 cm³/mol. The Morgan fingerprint density at radius 1 is 0.959 bits per heavy atom. The van der Waals surface area contributed by atoms with Gasteiger partial charge in [-0.05, 0) is 73.1 Å². The van der Waals surface area contributed by atoms with E-state index in [-0.39, 0.29) is 35.3 Å². The fourth-order valence-corrected chi connectivity index (χ4v) is 8.93. The lowest BCUT2D eigenvalue weighted by Gasteiger charge is -2.26. The molecule has 0 N–H and O–H groups in total. The minimum absolute atomic E-state index is 0.0777. The first kappa shape index (κ1) is 33.5. The third-order valence-corrected chi connectivity index (χ3v) is 11.6. The zero-order chi connectivity index (χ0) is 34.7. The summed E-state index contributed by atoms with van der Waals surface area (Å²) >= 11 is 0. The summed E-state index contributed by atoms with van der Waals surface area (Å²) in [6.07, 6.45) is 0.574. The van der Waals surface area contributed by atoms with E-state index in [1.807, 2.05) is 0 Å². The first-order chi connectivity index (χ1) is 23.3. The maximum Gasteiger partial charge on any atom is 0.293 e. The van der Waals surface area contributed by atoms with Crippen LogP contribution in [0.3, 0.4) is 0 Å². The van der Waals surface area contributed by atoms with E-state index in [0.29, 0.717) is 40.7 Å². The molecule has 2 unspecified atom stereocenters. The number of nitrogens with zero attached hydrogens (tertiary/aromatic N) is 4. The van der Waals surface area contributed by atoms with E-state index in [4.69, 9.17) is 0 Å². The number of piperidine rings is 1. The van der Waals surface area contributed by atoms with Gasteiger partial charge in [-0.25, -0.2) is 26.0 Å². The van der Waals surface area contributed by atoms with Crippen molar-refractivity contribution in [2.24, 2.45) is 5.92 Å². The lowest BCUT2D eigenvalue weighted by molar-refractivity contribution is -0.120. The lowest BCUT2D eigenvalue weighted by Crippen LogP contribution is -2.35. The smallest absolute Gasteiger partial charge is 0.293 e. The minimum atomic E-state index is -3.71. The summed E-state index contributed by atoms with van der Waals surface area (Å²) < 4.78 is 115. The highest BCUT2D eigenvalue weighted by Gasteiger charge is 2.67. The van der Waals surface area contributed by atoms with Crippen molar-refractivity contribution in [2.45, 2.75) is 74.1 Å². The maximum absolute atomic E-state index is 15.2. The third-order valence-electron chi connectivity index (χ3n) is 9.71. The van der Waals surface area contributed by atoms with Crippen LogP contribution in [0.25, 0.3) is 11.1 Å². The highest BCUT2D eigenvalue weighted by atomic mass is 32.2. The summed E-state index contributed by atoms with van der Waals surface area (Å²) in [4.78, 5) is 18.3. The average molecular weight is 703 g/mol. The fourth-order valence-electron chi connectivity index (χ4n) is 7.41. The number of Topliss-reactive ketones (excluding diaryl/α,β-unsaturated/α-hetero) is 1. The average Bonchev–Trinajstić information content (AvgIpc) is 3.73. The molecule has 0 bridgehead atoms. The van der Waals surface area contributed by atoms with Gasteiger partial charge in [0.25, 0.3) is 12.3 Å². The van der Waals surface area contributed by atoms with Gasteiger partial charge in [0.2, 0.25) is 10.0 Å². The summed E-state index contributed by atoms with van der Waals surface area (Å²) in [6, 6.07) is 12.5. The summed E-state index contributed by atoms with van der Waals surface area (Å²) in [6.45, 7) is 0.178. The highest BCUT2D eigenvalue weighted by Crippen LogP contribution is 2.68. The molecular weight excluding hydrogens is 670 g/mol. The summed E-state index contributed by atoms with van der Waals surface area (Å²) in [5.41, 5.74) is 0.0670. The molecule has 7 nitrogen and oxygen atoms in total. The maximum atomic E-state index is 15.2. The molecule has 3 heterocycles. The lowest BCUT2D eigenvalue weighted by atomic mass is 9.87. The Morgan fingerprint density at radius 3 is 2.33 bits per heavy atom. The van der Waals surface area contributed by atoms with E-state index in [2.05, 4.69) is 10.1 Å². The topological polar surface area (TPSA) is 85.2 Å². The Morgan fingerprint density at radius 2 is 1.65 bits per heavy atom. The second kappa shape index (κ2) is 12.7. The van der Waals surface area contributed by atoms with E-state index in [9.17, 15) is 30.8 Å². The number of benzene rings is 2. The predicted octanol–water partition coefficient (Wildman–Crippen LogP) is 7.53. The van der Waals surface area contributed by atoms with Gasteiger partial charge in [0, 0.05) is 54.7 Å². The molecule has 2 aliphatic carbocycles. The van der Waals surface area contributed by atoms with Gasteiger partial charge in [0.15, 0.2) is 5.78 Å². The standard InChI is InChI=1S/C35H32F6N4O3S/c36-23-14-20(15-24(37)17-23)13-22(16-25(46)19-45-33-30(32(43-45)34(38)39)28-18-29(28)35(33,40)41)31-27(5-4-10-42-31)21-6-8-26(9-7-21)49(47,48)44-11-2-1-3-12-44/h4-10,14-15,17,22,28-29,34H,1-3,11-13,16,18-19H2/t22-,28?,29?/m1/s1. The van der Waals surface area contributed by atoms with Gasteiger partial charge >= 0.3 is 0 Å². The van der Waals surface area contributed by atoms with E-state index < -0.39 is 75.5 Å². The summed E-state index contributed by atoms with van der Waals surface area (Å²) in [5.74, 6) is -8.34. The molecule has 3 atom stereocenters. The first-order valence-corrected chi connectivity index (χ1v) is 17.6. The molecule has 14 heteroatoms. The van der Waals surface area contributed by atoms with Gasteiger partial charge in [-0.2, -0.15) is 18.2 Å². The number of ketones is 1. The van der Waals surface area contributed by atoms with Gasteiger partial charge in [-0.1, -0.05) is 24.6 Å². The van der Waals surface area contributed by atoms with E-state index in [1.54, 1.807) is 24.3 Å². The molecule has 2 fully saturated rings. The van der Waals surface area contributed by atoms with Gasteiger partial charge in [0.05, 0.1) is 10.6 Å². The third kappa shape index (κ3) is 6.29. The quantitative estimate of drug-likeness (QED) is 0.151. The molecule has 1 saturated heterocycles. The number of carbonyl (C=O) groups is 1. The molecule has 1 saturated carbocycles. The van der Waals surface area contributed by atoms with Gasteiger partial charge in [0.1, 0.15) is 29.6 Å². The number of fused-ring (bicyclic) bond motifs is 3. The molecule has 0 radical (unpaired) electrons. The van der Waals surface area contributed by atoms with E-state index in [0.717, 1.165) is 31.4 Å². The number of aromatic nitrogens is 3. The monoisotopic (exact) mass is 702 g/mol. The number of alkyl halides is 4. The van der Waals surface area contributed by atoms with Crippen LogP contribution in [0.15, 0.2) is 65.7 Å². The van der Waals surface area contributed by atoms with Crippen molar-refractivity contribution >= 4 is 15.8 Å². The van der Waals surface area contributed by atoms with Crippen molar-refractivity contribution in [3.05, 3.63) is 101 Å². The Balaban J connectivity index is 1.21. The normalized spacial score (nSPS) is 20.6. The molecular formula is C35H32F6N4O3S. The number of hydrogen-bond acceptors (Lipinski definition) is 5. The minimum Gasteiger partial charge on any atom is -0.298 e. The Bertz CT molecular complexity index is 1990. The Hall–Kier alpha value is -4.04. The van der Waals surface area contributed by atoms with Gasteiger partial charge < -0.3 is 0 Å². The number of sulfonamides is 1. The Kier molecular flexibility index (Phi) is 8.66. The second-order valence-corrected chi connectivity index (χ2v) is 15.0. The number of hydrogen-bond donors (Lipinski definition) is 0. The van der Waals surface area contributed by atoms with E-state index in [1.165, 1.54) is 22.6 Å². The molecule has 2 aromatic heterocycles. The van der Waals surface area contributed by atoms with Crippen molar-refractivity contribution < 1.29 is 39.6 Å². The van der Waals surface area contributed by atoms with Gasteiger partial charge in [-0.15, -0.1) is 0 Å². The van der Waals surface area contributed by atoms with Crippen LogP contribution in [0, 0.1) is 17.6 Å². The molecule has 3 aliphatic rings. The molecule has 49 heavy (non-hydrogen) atoms. The van der Waals surface area contributed by atoms with Crippen LogP contribution >= 0.6 is 0 Å². The largest absolute Gasteiger partial charge is 0.298 e. The fraction of sp³-hybridized carbons (Fsp3) is 0.400. The van der Waals surface area contributed by atoms with Crippen LogP contribution in [0.5, 0.6) is 0 Å². The van der Waals surface area contributed by atoms with Crippen molar-refractivity contribution in [3.63, 3.8) is 0 Å². The van der Waals surface area contributed by atoms with Crippen molar-refractivity contribution in [2.75, 3.05) is 13.1 Å². The highest BCUT2D eigenvalue weighted by molar-refractivity contribution is 7.89. The number of halogens is 6. The molecule has 7 rings (SSSR count).